The van der Waals surface area contributed by atoms with Crippen molar-refractivity contribution in [3.8, 4) is 0 Å². The number of allylic oxidation sites excluding steroid dienone is 1. The maximum atomic E-state index is 11.8. The standard InChI is InChI=1S/C15H26N2O3S/c1-20-14(18)13(9-11-21-2)17-15(19)16-10-8-12-6-4-3-5-7-12/h6,13H,3-5,7-11H2,1-2H3,(H2,16,17,19)/t13-/m0/s1. The Morgan fingerprint density at radius 2 is 2.24 bits per heavy atom. The molecule has 21 heavy (non-hydrogen) atoms. The summed E-state index contributed by atoms with van der Waals surface area (Å²) >= 11 is 1.63. The number of hydrogen-bond acceptors (Lipinski definition) is 4. The highest BCUT2D eigenvalue weighted by Crippen LogP contribution is 2.19. The topological polar surface area (TPSA) is 67.4 Å². The lowest BCUT2D eigenvalue weighted by Crippen LogP contribution is -2.47. The Balaban J connectivity index is 2.28. The van der Waals surface area contributed by atoms with Crippen LogP contribution >= 0.6 is 11.8 Å². The third kappa shape index (κ3) is 7.41. The number of nitrogens with one attached hydrogen (secondary N) is 2. The summed E-state index contributed by atoms with van der Waals surface area (Å²) in [4.78, 5) is 23.4. The molecule has 0 aliphatic heterocycles. The summed E-state index contributed by atoms with van der Waals surface area (Å²) in [5, 5.41) is 5.49. The highest BCUT2D eigenvalue weighted by Gasteiger charge is 2.20. The van der Waals surface area contributed by atoms with E-state index in [1.807, 2.05) is 6.26 Å². The highest BCUT2D eigenvalue weighted by atomic mass is 32.2. The Morgan fingerprint density at radius 3 is 2.86 bits per heavy atom. The fraction of sp³-hybridized carbons (Fsp3) is 0.733. The SMILES string of the molecule is COC(=O)[C@H](CCSC)NC(=O)NCCC1=CCCCC1. The van der Waals surface area contributed by atoms with E-state index >= 15 is 0 Å². The highest BCUT2D eigenvalue weighted by molar-refractivity contribution is 7.98. The monoisotopic (exact) mass is 314 g/mol. The molecule has 0 spiro atoms. The van der Waals surface area contributed by atoms with Gasteiger partial charge >= 0.3 is 12.0 Å². The number of amides is 2. The van der Waals surface area contributed by atoms with E-state index in [0.717, 1.165) is 25.0 Å². The molecule has 0 aromatic carbocycles. The number of esters is 1. The first-order valence-electron chi connectivity index (χ1n) is 7.46. The second-order valence-corrected chi connectivity index (χ2v) is 6.10. The molecule has 6 heteroatoms. The van der Waals surface area contributed by atoms with Crippen molar-refractivity contribution in [1.29, 1.82) is 0 Å². The van der Waals surface area contributed by atoms with E-state index in [1.54, 1.807) is 11.8 Å². The third-order valence-electron chi connectivity index (χ3n) is 3.52. The molecule has 2 N–H and O–H groups in total. The quantitative estimate of drug-likeness (QED) is 0.533. The van der Waals surface area contributed by atoms with Crippen LogP contribution in [0.1, 0.15) is 38.5 Å². The van der Waals surface area contributed by atoms with E-state index in [0.29, 0.717) is 13.0 Å². The van der Waals surface area contributed by atoms with Gasteiger partial charge in [-0.05, 0) is 50.5 Å². The number of thioether (sulfide) groups is 1. The zero-order valence-electron chi connectivity index (χ0n) is 12.9. The van der Waals surface area contributed by atoms with Gasteiger partial charge in [0, 0.05) is 6.54 Å². The third-order valence-corrected chi connectivity index (χ3v) is 4.16. The van der Waals surface area contributed by atoms with Crippen LogP contribution in [0.2, 0.25) is 0 Å². The first-order valence-corrected chi connectivity index (χ1v) is 8.85. The van der Waals surface area contributed by atoms with E-state index in [9.17, 15) is 9.59 Å². The van der Waals surface area contributed by atoms with E-state index in [4.69, 9.17) is 4.74 Å². The Labute approximate surface area is 131 Å². The van der Waals surface area contributed by atoms with Gasteiger partial charge in [0.2, 0.25) is 0 Å². The molecule has 5 nitrogen and oxygen atoms in total. The van der Waals surface area contributed by atoms with Gasteiger partial charge in [0.1, 0.15) is 6.04 Å². The summed E-state index contributed by atoms with van der Waals surface area (Å²) in [5.74, 6) is 0.404. The second kappa shape index (κ2) is 10.5. The summed E-state index contributed by atoms with van der Waals surface area (Å²) in [6.07, 6.45) is 10.5. The minimum absolute atomic E-state index is 0.303. The van der Waals surface area contributed by atoms with Crippen LogP contribution in [-0.4, -0.2) is 43.7 Å². The van der Waals surface area contributed by atoms with Crippen molar-refractivity contribution in [2.75, 3.05) is 25.7 Å². The fourth-order valence-corrected chi connectivity index (χ4v) is 2.78. The molecule has 0 saturated heterocycles. The van der Waals surface area contributed by atoms with Gasteiger partial charge < -0.3 is 15.4 Å². The second-order valence-electron chi connectivity index (χ2n) is 5.12. The number of carbonyl (C=O) groups excluding carboxylic acids is 2. The molecule has 1 aliphatic rings. The van der Waals surface area contributed by atoms with E-state index < -0.39 is 12.0 Å². The van der Waals surface area contributed by atoms with Crippen LogP contribution in [0.15, 0.2) is 11.6 Å². The summed E-state index contributed by atoms with van der Waals surface area (Å²) in [7, 11) is 1.34. The van der Waals surface area contributed by atoms with Crippen LogP contribution < -0.4 is 10.6 Å². The van der Waals surface area contributed by atoms with Crippen molar-refractivity contribution in [3.05, 3.63) is 11.6 Å². The van der Waals surface area contributed by atoms with Crippen molar-refractivity contribution in [2.24, 2.45) is 0 Å². The minimum Gasteiger partial charge on any atom is -0.467 e. The molecule has 1 aliphatic carbocycles. The summed E-state index contributed by atoms with van der Waals surface area (Å²) in [5.41, 5.74) is 1.42. The molecule has 0 unspecified atom stereocenters. The fourth-order valence-electron chi connectivity index (χ4n) is 2.30. The van der Waals surface area contributed by atoms with Gasteiger partial charge in [-0.25, -0.2) is 9.59 Å². The van der Waals surface area contributed by atoms with Crippen molar-refractivity contribution in [2.45, 2.75) is 44.6 Å². The predicted octanol–water partition coefficient (Wildman–Crippen LogP) is 2.47. The van der Waals surface area contributed by atoms with Crippen molar-refractivity contribution in [1.82, 2.24) is 10.6 Å². The van der Waals surface area contributed by atoms with E-state index in [-0.39, 0.29) is 6.03 Å². The van der Waals surface area contributed by atoms with Crippen LogP contribution in [0.3, 0.4) is 0 Å². The Morgan fingerprint density at radius 1 is 1.43 bits per heavy atom. The van der Waals surface area contributed by atoms with Gasteiger partial charge in [0.25, 0.3) is 0 Å². The Bertz CT molecular complexity index is 372. The number of urea groups is 1. The largest absolute Gasteiger partial charge is 0.467 e. The van der Waals surface area contributed by atoms with Crippen LogP contribution in [0, 0.1) is 0 Å². The lowest BCUT2D eigenvalue weighted by atomic mass is 9.97. The lowest BCUT2D eigenvalue weighted by Gasteiger charge is -2.17. The smallest absolute Gasteiger partial charge is 0.328 e. The first kappa shape index (κ1) is 17.9. The zero-order valence-corrected chi connectivity index (χ0v) is 13.8. The first-order chi connectivity index (χ1) is 10.2. The molecule has 0 saturated carbocycles. The summed E-state index contributed by atoms with van der Waals surface area (Å²) < 4.78 is 4.71. The average molecular weight is 314 g/mol. The molecule has 1 atom stereocenters. The van der Waals surface area contributed by atoms with Gasteiger partial charge in [-0.3, -0.25) is 0 Å². The molecule has 0 bridgehead atoms. The molecule has 2 amide bonds. The Kier molecular flexibility index (Phi) is 8.98. The minimum atomic E-state index is -0.573. The maximum Gasteiger partial charge on any atom is 0.328 e. The molecular weight excluding hydrogens is 288 g/mol. The number of methoxy groups -OCH3 is 1. The van der Waals surface area contributed by atoms with E-state index in [2.05, 4.69) is 16.7 Å². The average Bonchev–Trinajstić information content (AvgIpc) is 2.51. The van der Waals surface area contributed by atoms with Crippen molar-refractivity contribution >= 4 is 23.8 Å². The molecule has 0 heterocycles. The lowest BCUT2D eigenvalue weighted by molar-refractivity contribution is -0.142. The summed E-state index contributed by atoms with van der Waals surface area (Å²) in [6, 6.07) is -0.876. The molecule has 0 fully saturated rings. The number of hydrogen-bond donors (Lipinski definition) is 2. The number of carbonyl (C=O) groups is 2. The molecule has 0 aromatic heterocycles. The van der Waals surface area contributed by atoms with Crippen LogP contribution in [0.5, 0.6) is 0 Å². The number of rotatable bonds is 8. The molecule has 120 valence electrons. The zero-order chi connectivity index (χ0) is 15.5. The Hall–Kier alpha value is -1.17. The maximum absolute atomic E-state index is 11.8. The van der Waals surface area contributed by atoms with Gasteiger partial charge in [-0.1, -0.05) is 11.6 Å². The molecule has 1 rings (SSSR count). The molecule has 0 radical (unpaired) electrons. The van der Waals surface area contributed by atoms with Gasteiger partial charge in [-0.15, -0.1) is 0 Å². The van der Waals surface area contributed by atoms with Crippen LogP contribution in [0.25, 0.3) is 0 Å². The van der Waals surface area contributed by atoms with Crippen molar-refractivity contribution in [3.63, 3.8) is 0 Å². The normalized spacial score (nSPS) is 15.8. The number of ether oxygens (including phenoxy) is 1. The van der Waals surface area contributed by atoms with Gasteiger partial charge in [-0.2, -0.15) is 11.8 Å². The van der Waals surface area contributed by atoms with Crippen LogP contribution in [0.4, 0.5) is 4.79 Å². The predicted molar refractivity (Wildman–Crippen MR) is 86.5 cm³/mol. The van der Waals surface area contributed by atoms with Gasteiger partial charge in [0.05, 0.1) is 7.11 Å². The van der Waals surface area contributed by atoms with Gasteiger partial charge in [0.15, 0.2) is 0 Å². The van der Waals surface area contributed by atoms with Crippen molar-refractivity contribution < 1.29 is 14.3 Å². The molecule has 0 aromatic rings. The summed E-state index contributed by atoms with van der Waals surface area (Å²) in [6.45, 7) is 0.605. The molecular formula is C15H26N2O3S. The van der Waals surface area contributed by atoms with Crippen LogP contribution in [-0.2, 0) is 9.53 Å². The van der Waals surface area contributed by atoms with E-state index in [1.165, 1.54) is 25.5 Å².